The van der Waals surface area contributed by atoms with Crippen LogP contribution in [-0.2, 0) is 0 Å². The smallest absolute Gasteiger partial charge is 0.00870 e. The first-order valence-corrected chi connectivity index (χ1v) is 6.03. The van der Waals surface area contributed by atoms with E-state index < -0.39 is 0 Å². The summed E-state index contributed by atoms with van der Waals surface area (Å²) in [6.45, 7) is 8.03. The third-order valence-electron chi connectivity index (χ3n) is 2.43. The third kappa shape index (κ3) is 4.46. The van der Waals surface area contributed by atoms with Crippen molar-refractivity contribution >= 4 is 15.9 Å². The van der Waals surface area contributed by atoms with Gasteiger partial charge in [-0.1, -0.05) is 36.7 Å². The van der Waals surface area contributed by atoms with Crippen molar-refractivity contribution < 1.29 is 0 Å². The van der Waals surface area contributed by atoms with Crippen LogP contribution in [0.15, 0.2) is 0 Å². The lowest BCUT2D eigenvalue weighted by atomic mass is 10.1. The second kappa shape index (κ2) is 6.90. The number of hydrogen-bond acceptors (Lipinski definition) is 1. The van der Waals surface area contributed by atoms with E-state index in [4.69, 9.17) is 0 Å². The van der Waals surface area contributed by atoms with Crippen LogP contribution in [0.5, 0.6) is 0 Å². The molecule has 2 heteroatoms. The SMILES string of the molecule is CCC(CC)N(C)CC(C)CBr. The van der Waals surface area contributed by atoms with E-state index in [1.807, 2.05) is 0 Å². The van der Waals surface area contributed by atoms with E-state index in [1.54, 1.807) is 0 Å². The zero-order chi connectivity index (χ0) is 9.56. The van der Waals surface area contributed by atoms with E-state index >= 15 is 0 Å². The summed E-state index contributed by atoms with van der Waals surface area (Å²) in [5.74, 6) is 0.760. The Labute approximate surface area is 85.7 Å². The molecule has 0 aromatic heterocycles. The molecule has 0 aliphatic carbocycles. The topological polar surface area (TPSA) is 3.24 Å². The largest absolute Gasteiger partial charge is 0.303 e. The molecule has 0 fully saturated rings. The van der Waals surface area contributed by atoms with Crippen LogP contribution in [0.2, 0.25) is 0 Å². The molecule has 0 heterocycles. The molecule has 0 aliphatic rings. The molecule has 0 saturated heterocycles. The summed E-state index contributed by atoms with van der Waals surface area (Å²) in [5, 5.41) is 1.11. The zero-order valence-electron chi connectivity index (χ0n) is 8.81. The lowest BCUT2D eigenvalue weighted by Crippen LogP contribution is -2.34. The van der Waals surface area contributed by atoms with Crippen LogP contribution in [0.1, 0.15) is 33.6 Å². The molecule has 0 aromatic rings. The van der Waals surface area contributed by atoms with Crippen molar-refractivity contribution in [2.45, 2.75) is 39.7 Å². The van der Waals surface area contributed by atoms with Gasteiger partial charge in [-0.2, -0.15) is 0 Å². The van der Waals surface area contributed by atoms with Crippen LogP contribution < -0.4 is 0 Å². The molecular weight excluding hydrogens is 214 g/mol. The molecule has 0 aromatic carbocycles. The van der Waals surface area contributed by atoms with Crippen molar-refractivity contribution in [3.05, 3.63) is 0 Å². The van der Waals surface area contributed by atoms with Crippen molar-refractivity contribution in [3.63, 3.8) is 0 Å². The molecular formula is C10H22BrN. The minimum atomic E-state index is 0.760. The van der Waals surface area contributed by atoms with Crippen LogP contribution in [-0.4, -0.2) is 29.9 Å². The van der Waals surface area contributed by atoms with E-state index in [0.29, 0.717) is 0 Å². The Morgan fingerprint density at radius 3 is 2.08 bits per heavy atom. The quantitative estimate of drug-likeness (QED) is 0.640. The van der Waals surface area contributed by atoms with Crippen molar-refractivity contribution in [3.8, 4) is 0 Å². The Bertz CT molecular complexity index is 102. The summed E-state index contributed by atoms with van der Waals surface area (Å²) in [7, 11) is 2.23. The minimum Gasteiger partial charge on any atom is -0.303 e. The van der Waals surface area contributed by atoms with E-state index in [2.05, 4.69) is 48.6 Å². The van der Waals surface area contributed by atoms with E-state index in [-0.39, 0.29) is 0 Å². The lowest BCUT2D eigenvalue weighted by Gasteiger charge is -2.28. The van der Waals surface area contributed by atoms with Gasteiger partial charge in [0.05, 0.1) is 0 Å². The molecule has 1 unspecified atom stereocenters. The Kier molecular flexibility index (Phi) is 7.16. The Morgan fingerprint density at radius 2 is 1.75 bits per heavy atom. The maximum absolute atomic E-state index is 3.51. The summed E-state index contributed by atoms with van der Waals surface area (Å²) >= 11 is 3.51. The van der Waals surface area contributed by atoms with Crippen molar-refractivity contribution in [1.29, 1.82) is 0 Å². The fourth-order valence-corrected chi connectivity index (χ4v) is 1.81. The van der Waals surface area contributed by atoms with Crippen LogP contribution in [0.25, 0.3) is 0 Å². The average molecular weight is 236 g/mol. The first-order valence-electron chi connectivity index (χ1n) is 4.91. The zero-order valence-corrected chi connectivity index (χ0v) is 10.4. The predicted molar refractivity (Wildman–Crippen MR) is 60.0 cm³/mol. The highest BCUT2D eigenvalue weighted by Gasteiger charge is 2.12. The predicted octanol–water partition coefficient (Wildman–Crippen LogP) is 3.14. The number of alkyl halides is 1. The molecule has 0 radical (unpaired) electrons. The second-order valence-corrected chi connectivity index (χ2v) is 4.32. The minimum absolute atomic E-state index is 0.760. The maximum atomic E-state index is 3.51. The summed E-state index contributed by atoms with van der Waals surface area (Å²) in [5.41, 5.74) is 0. The van der Waals surface area contributed by atoms with Crippen molar-refractivity contribution in [2.75, 3.05) is 18.9 Å². The maximum Gasteiger partial charge on any atom is 0.00870 e. The molecule has 12 heavy (non-hydrogen) atoms. The van der Waals surface area contributed by atoms with Gasteiger partial charge in [0.2, 0.25) is 0 Å². The van der Waals surface area contributed by atoms with Gasteiger partial charge in [-0.05, 0) is 25.8 Å². The first kappa shape index (κ1) is 12.4. The molecule has 0 aliphatic heterocycles. The summed E-state index contributed by atoms with van der Waals surface area (Å²) in [4.78, 5) is 2.48. The highest BCUT2D eigenvalue weighted by molar-refractivity contribution is 9.09. The van der Waals surface area contributed by atoms with Crippen molar-refractivity contribution in [1.82, 2.24) is 4.90 Å². The summed E-state index contributed by atoms with van der Waals surface area (Å²) in [6, 6.07) is 0.770. The average Bonchev–Trinajstić information content (AvgIpc) is 2.06. The monoisotopic (exact) mass is 235 g/mol. The molecule has 1 nitrogen and oxygen atoms in total. The number of hydrogen-bond donors (Lipinski definition) is 0. The molecule has 0 N–H and O–H groups in total. The number of halogens is 1. The van der Waals surface area contributed by atoms with Crippen LogP contribution in [0.3, 0.4) is 0 Å². The lowest BCUT2D eigenvalue weighted by molar-refractivity contribution is 0.208. The Morgan fingerprint density at radius 1 is 1.25 bits per heavy atom. The van der Waals surface area contributed by atoms with Gasteiger partial charge in [-0.25, -0.2) is 0 Å². The Hall–Kier alpha value is 0.440. The van der Waals surface area contributed by atoms with E-state index in [0.717, 1.165) is 17.3 Å². The summed E-state index contributed by atoms with van der Waals surface area (Å²) < 4.78 is 0. The van der Waals surface area contributed by atoms with Crippen molar-refractivity contribution in [2.24, 2.45) is 5.92 Å². The van der Waals surface area contributed by atoms with Gasteiger partial charge in [0, 0.05) is 17.9 Å². The summed E-state index contributed by atoms with van der Waals surface area (Å²) in [6.07, 6.45) is 2.53. The van der Waals surface area contributed by atoms with Gasteiger partial charge in [0.25, 0.3) is 0 Å². The van der Waals surface area contributed by atoms with Crippen LogP contribution in [0, 0.1) is 5.92 Å². The molecule has 0 rings (SSSR count). The van der Waals surface area contributed by atoms with E-state index in [1.165, 1.54) is 19.4 Å². The van der Waals surface area contributed by atoms with E-state index in [9.17, 15) is 0 Å². The number of nitrogens with zero attached hydrogens (tertiary/aromatic N) is 1. The molecule has 0 saturated carbocycles. The Balaban J connectivity index is 3.75. The fourth-order valence-electron chi connectivity index (χ4n) is 1.60. The van der Waals surface area contributed by atoms with Gasteiger partial charge in [0.1, 0.15) is 0 Å². The second-order valence-electron chi connectivity index (χ2n) is 3.67. The standard InChI is InChI=1S/C10H22BrN/c1-5-10(6-2)12(4)8-9(3)7-11/h9-10H,5-8H2,1-4H3. The van der Waals surface area contributed by atoms with Crippen LogP contribution in [0.4, 0.5) is 0 Å². The van der Waals surface area contributed by atoms with Gasteiger partial charge in [-0.3, -0.25) is 0 Å². The van der Waals surface area contributed by atoms with Crippen LogP contribution >= 0.6 is 15.9 Å². The fraction of sp³-hybridized carbons (Fsp3) is 1.00. The van der Waals surface area contributed by atoms with Gasteiger partial charge >= 0.3 is 0 Å². The third-order valence-corrected chi connectivity index (χ3v) is 3.53. The number of rotatable bonds is 6. The molecule has 0 bridgehead atoms. The highest BCUT2D eigenvalue weighted by Crippen LogP contribution is 2.09. The normalized spacial score (nSPS) is 14.2. The molecule has 74 valence electrons. The first-order chi connectivity index (χ1) is 5.65. The highest BCUT2D eigenvalue weighted by atomic mass is 79.9. The molecule has 1 atom stereocenters. The molecule has 0 spiro atoms. The molecule has 0 amide bonds. The van der Waals surface area contributed by atoms with Gasteiger partial charge < -0.3 is 4.90 Å². The van der Waals surface area contributed by atoms with Gasteiger partial charge in [-0.15, -0.1) is 0 Å². The van der Waals surface area contributed by atoms with Gasteiger partial charge in [0.15, 0.2) is 0 Å².